The summed E-state index contributed by atoms with van der Waals surface area (Å²) in [5.41, 5.74) is 2.54. The second-order valence-corrected chi connectivity index (χ2v) is 6.96. The first-order chi connectivity index (χ1) is 13.9. The van der Waals surface area contributed by atoms with Crippen molar-refractivity contribution < 1.29 is 17.9 Å². The van der Waals surface area contributed by atoms with Gasteiger partial charge in [-0.2, -0.15) is 4.98 Å². The van der Waals surface area contributed by atoms with E-state index in [0.717, 1.165) is 16.8 Å². The summed E-state index contributed by atoms with van der Waals surface area (Å²) < 4.78 is 41.5. The van der Waals surface area contributed by atoms with E-state index in [2.05, 4.69) is 20.0 Å². The number of ether oxygens (including phenoxy) is 1. The average molecular weight is 421 g/mol. The average Bonchev–Trinajstić information content (AvgIpc) is 2.66. The number of hydrogen-bond acceptors (Lipinski definition) is 5. The van der Waals surface area contributed by atoms with Crippen LogP contribution >= 0.6 is 11.6 Å². The van der Waals surface area contributed by atoms with Crippen LogP contribution in [0.2, 0.25) is 5.02 Å². The van der Waals surface area contributed by atoms with Gasteiger partial charge in [-0.1, -0.05) is 23.7 Å². The quantitative estimate of drug-likeness (QED) is 0.617. The summed E-state index contributed by atoms with van der Waals surface area (Å²) in [6.07, 6.45) is -2.38. The number of aromatic nitrogens is 2. The van der Waals surface area contributed by atoms with E-state index in [1.807, 2.05) is 17.0 Å². The molecule has 4 rings (SSSR count). The largest absolute Gasteiger partial charge is 0.573 e. The predicted molar refractivity (Wildman–Crippen MR) is 105 cm³/mol. The van der Waals surface area contributed by atoms with Crippen molar-refractivity contribution in [3.63, 3.8) is 0 Å². The number of hydrogen-bond donors (Lipinski definition) is 1. The fourth-order valence-corrected chi connectivity index (χ4v) is 3.40. The van der Waals surface area contributed by atoms with Gasteiger partial charge in [0.1, 0.15) is 11.6 Å². The lowest BCUT2D eigenvalue weighted by Gasteiger charge is -2.30. The number of benzene rings is 2. The van der Waals surface area contributed by atoms with Crippen molar-refractivity contribution in [1.29, 1.82) is 0 Å². The van der Waals surface area contributed by atoms with Crippen LogP contribution < -0.4 is 15.0 Å². The highest BCUT2D eigenvalue weighted by atomic mass is 35.5. The van der Waals surface area contributed by atoms with Gasteiger partial charge in [-0.3, -0.25) is 0 Å². The second kappa shape index (κ2) is 7.79. The molecule has 0 spiro atoms. The zero-order chi connectivity index (χ0) is 20.4. The first-order valence-electron chi connectivity index (χ1n) is 8.84. The minimum atomic E-state index is -4.71. The Morgan fingerprint density at radius 3 is 2.72 bits per heavy atom. The van der Waals surface area contributed by atoms with Crippen LogP contribution in [0.25, 0.3) is 0 Å². The highest BCUT2D eigenvalue weighted by Gasteiger charge is 2.31. The molecule has 3 aromatic rings. The van der Waals surface area contributed by atoms with E-state index in [1.165, 1.54) is 12.1 Å². The molecule has 1 aliphatic rings. The van der Waals surface area contributed by atoms with Gasteiger partial charge in [0.15, 0.2) is 0 Å². The van der Waals surface area contributed by atoms with Gasteiger partial charge in [-0.15, -0.1) is 13.2 Å². The van der Waals surface area contributed by atoms with E-state index in [1.54, 1.807) is 30.5 Å². The Balaban J connectivity index is 1.52. The van der Waals surface area contributed by atoms with Crippen LogP contribution in [-0.4, -0.2) is 22.9 Å². The molecule has 0 saturated heterocycles. The Morgan fingerprint density at radius 2 is 1.93 bits per heavy atom. The molecule has 0 bridgehead atoms. The monoisotopic (exact) mass is 420 g/mol. The summed E-state index contributed by atoms with van der Waals surface area (Å²) >= 11 is 6.00. The Morgan fingerprint density at radius 1 is 1.07 bits per heavy atom. The third-order valence-corrected chi connectivity index (χ3v) is 4.70. The SMILES string of the molecule is FC(F)(F)Oc1ccc2c(c1)CN(c1ccnc(Nc3cccc(Cl)c3)n1)CC2. The highest BCUT2D eigenvalue weighted by Crippen LogP contribution is 2.30. The maximum Gasteiger partial charge on any atom is 0.573 e. The van der Waals surface area contributed by atoms with Gasteiger partial charge >= 0.3 is 6.36 Å². The number of rotatable bonds is 4. The number of nitrogens with one attached hydrogen (secondary N) is 1. The predicted octanol–water partition coefficient (Wildman–Crippen LogP) is 5.33. The van der Waals surface area contributed by atoms with Crippen molar-refractivity contribution in [2.75, 3.05) is 16.8 Å². The van der Waals surface area contributed by atoms with Crippen molar-refractivity contribution in [2.24, 2.45) is 0 Å². The lowest BCUT2D eigenvalue weighted by Crippen LogP contribution is -2.31. The number of nitrogens with zero attached hydrogens (tertiary/aromatic N) is 3. The molecule has 0 amide bonds. The third kappa shape index (κ3) is 4.89. The molecule has 5 nitrogen and oxygen atoms in total. The normalized spacial score (nSPS) is 13.7. The molecule has 1 aliphatic heterocycles. The highest BCUT2D eigenvalue weighted by molar-refractivity contribution is 6.30. The molecule has 29 heavy (non-hydrogen) atoms. The van der Waals surface area contributed by atoms with Crippen LogP contribution in [-0.2, 0) is 13.0 Å². The number of fused-ring (bicyclic) bond motifs is 1. The van der Waals surface area contributed by atoms with Gasteiger partial charge < -0.3 is 15.0 Å². The molecule has 2 heterocycles. The topological polar surface area (TPSA) is 50.3 Å². The lowest BCUT2D eigenvalue weighted by atomic mass is 9.99. The van der Waals surface area contributed by atoms with E-state index in [-0.39, 0.29) is 5.75 Å². The molecule has 2 aromatic carbocycles. The van der Waals surface area contributed by atoms with Crippen molar-refractivity contribution in [2.45, 2.75) is 19.3 Å². The molecule has 0 saturated carbocycles. The summed E-state index contributed by atoms with van der Waals surface area (Å²) in [4.78, 5) is 10.7. The van der Waals surface area contributed by atoms with Gasteiger partial charge in [0.2, 0.25) is 5.95 Å². The summed E-state index contributed by atoms with van der Waals surface area (Å²) in [6, 6.07) is 13.4. The number of alkyl halides is 3. The molecule has 0 atom stereocenters. The van der Waals surface area contributed by atoms with Crippen molar-refractivity contribution in [3.05, 3.63) is 70.9 Å². The fraction of sp³-hybridized carbons (Fsp3) is 0.200. The van der Waals surface area contributed by atoms with Crippen LogP contribution in [0.15, 0.2) is 54.7 Å². The zero-order valence-corrected chi connectivity index (χ0v) is 15.8. The van der Waals surface area contributed by atoms with Gasteiger partial charge in [0.05, 0.1) is 0 Å². The maximum atomic E-state index is 12.5. The number of halogens is 4. The summed E-state index contributed by atoms with van der Waals surface area (Å²) in [5, 5.41) is 3.69. The third-order valence-electron chi connectivity index (χ3n) is 4.47. The second-order valence-electron chi connectivity index (χ2n) is 6.52. The molecule has 0 aliphatic carbocycles. The minimum absolute atomic E-state index is 0.218. The summed E-state index contributed by atoms with van der Waals surface area (Å²) in [5.74, 6) is 0.867. The van der Waals surface area contributed by atoms with E-state index in [0.29, 0.717) is 36.3 Å². The molecular weight excluding hydrogens is 405 g/mol. The van der Waals surface area contributed by atoms with Crippen molar-refractivity contribution >= 4 is 29.1 Å². The molecule has 0 radical (unpaired) electrons. The minimum Gasteiger partial charge on any atom is -0.406 e. The van der Waals surface area contributed by atoms with Gasteiger partial charge in [0, 0.05) is 30.0 Å². The van der Waals surface area contributed by atoms with Crippen molar-refractivity contribution in [1.82, 2.24) is 9.97 Å². The molecule has 0 fully saturated rings. The molecule has 1 aromatic heterocycles. The molecule has 0 unspecified atom stereocenters. The van der Waals surface area contributed by atoms with Crippen LogP contribution in [0, 0.1) is 0 Å². The molecule has 150 valence electrons. The summed E-state index contributed by atoms with van der Waals surface area (Å²) in [7, 11) is 0. The number of anilines is 3. The van der Waals surface area contributed by atoms with Gasteiger partial charge in [-0.05, 0) is 53.9 Å². The zero-order valence-electron chi connectivity index (χ0n) is 15.1. The molecular formula is C20H16ClF3N4O. The van der Waals surface area contributed by atoms with Gasteiger partial charge in [0.25, 0.3) is 0 Å². The van der Waals surface area contributed by atoms with E-state index in [4.69, 9.17) is 11.6 Å². The first kappa shape index (κ1) is 19.3. The van der Waals surface area contributed by atoms with Crippen LogP contribution in [0.1, 0.15) is 11.1 Å². The van der Waals surface area contributed by atoms with Crippen molar-refractivity contribution in [3.8, 4) is 5.75 Å². The first-order valence-corrected chi connectivity index (χ1v) is 9.22. The van der Waals surface area contributed by atoms with Crippen LogP contribution in [0.3, 0.4) is 0 Å². The Hall–Kier alpha value is -3.00. The van der Waals surface area contributed by atoms with E-state index >= 15 is 0 Å². The van der Waals surface area contributed by atoms with E-state index in [9.17, 15) is 13.2 Å². The lowest BCUT2D eigenvalue weighted by molar-refractivity contribution is -0.274. The maximum absolute atomic E-state index is 12.5. The standard InChI is InChI=1S/C20H16ClF3N4O/c21-15-2-1-3-16(11-15)26-19-25-8-6-18(27-19)28-9-7-13-4-5-17(10-14(13)12-28)29-20(22,23)24/h1-6,8,10-11H,7,9,12H2,(H,25,26,27). The van der Waals surface area contributed by atoms with Crippen LogP contribution in [0.5, 0.6) is 5.75 Å². The molecule has 9 heteroatoms. The summed E-state index contributed by atoms with van der Waals surface area (Å²) in [6.45, 7) is 1.12. The van der Waals surface area contributed by atoms with Crippen LogP contribution in [0.4, 0.5) is 30.6 Å². The van der Waals surface area contributed by atoms with Gasteiger partial charge in [-0.25, -0.2) is 4.98 Å². The Kier molecular flexibility index (Phi) is 5.19. The Labute approximate surface area is 170 Å². The molecule has 1 N–H and O–H groups in total. The van der Waals surface area contributed by atoms with E-state index < -0.39 is 6.36 Å². The smallest absolute Gasteiger partial charge is 0.406 e. The fourth-order valence-electron chi connectivity index (χ4n) is 3.21. The Bertz CT molecular complexity index is 1030.